The molecule has 0 atom stereocenters. The molecule has 0 unspecified atom stereocenters. The van der Waals surface area contributed by atoms with Crippen molar-refractivity contribution in [1.29, 1.82) is 0 Å². The van der Waals surface area contributed by atoms with E-state index >= 15 is 0 Å². The van der Waals surface area contributed by atoms with Gasteiger partial charge in [-0.25, -0.2) is 8.42 Å². The lowest BCUT2D eigenvalue weighted by atomic mass is 9.89. The van der Waals surface area contributed by atoms with Crippen LogP contribution in [0.3, 0.4) is 0 Å². The summed E-state index contributed by atoms with van der Waals surface area (Å²) in [4.78, 5) is 4.80. The molecular formula is C25H33N3O3S. The van der Waals surface area contributed by atoms with Crippen LogP contribution in [0.25, 0.3) is 11.4 Å². The van der Waals surface area contributed by atoms with Gasteiger partial charge in [0.15, 0.2) is 0 Å². The maximum atomic E-state index is 13.8. The van der Waals surface area contributed by atoms with Crippen molar-refractivity contribution in [3.63, 3.8) is 0 Å². The Kier molecular flexibility index (Phi) is 7.20. The molecule has 0 aliphatic carbocycles. The molecule has 0 amide bonds. The van der Waals surface area contributed by atoms with Crippen molar-refractivity contribution in [3.05, 3.63) is 65.0 Å². The highest BCUT2D eigenvalue weighted by Gasteiger charge is 2.31. The molecule has 32 heavy (non-hydrogen) atoms. The van der Waals surface area contributed by atoms with Crippen LogP contribution in [0.1, 0.15) is 81.9 Å². The summed E-state index contributed by atoms with van der Waals surface area (Å²) in [7, 11) is -2.22. The van der Waals surface area contributed by atoms with Crippen LogP contribution in [-0.2, 0) is 16.6 Å². The third-order valence-corrected chi connectivity index (χ3v) is 7.54. The van der Waals surface area contributed by atoms with E-state index in [1.807, 2.05) is 70.2 Å². The molecule has 3 aromatic rings. The van der Waals surface area contributed by atoms with Gasteiger partial charge in [-0.3, -0.25) is 0 Å². The van der Waals surface area contributed by atoms with Crippen molar-refractivity contribution < 1.29 is 12.9 Å². The monoisotopic (exact) mass is 455 g/mol. The average Bonchev–Trinajstić information content (AvgIpc) is 3.21. The van der Waals surface area contributed by atoms with Crippen molar-refractivity contribution in [2.24, 2.45) is 0 Å². The molecule has 0 spiro atoms. The van der Waals surface area contributed by atoms with Gasteiger partial charge in [0.1, 0.15) is 0 Å². The van der Waals surface area contributed by atoms with E-state index in [1.165, 1.54) is 4.31 Å². The highest BCUT2D eigenvalue weighted by atomic mass is 32.2. The van der Waals surface area contributed by atoms with Crippen LogP contribution in [0.15, 0.2) is 51.9 Å². The molecule has 3 rings (SSSR count). The maximum absolute atomic E-state index is 13.8. The first-order chi connectivity index (χ1) is 15.0. The van der Waals surface area contributed by atoms with Crippen LogP contribution in [0.4, 0.5) is 0 Å². The summed E-state index contributed by atoms with van der Waals surface area (Å²) in [5.41, 5.74) is 3.68. The van der Waals surface area contributed by atoms with Gasteiger partial charge in [-0.2, -0.15) is 9.29 Å². The van der Waals surface area contributed by atoms with E-state index in [0.717, 1.165) is 22.3 Å². The van der Waals surface area contributed by atoms with Gasteiger partial charge < -0.3 is 4.52 Å². The molecule has 1 aromatic heterocycles. The molecule has 0 saturated carbocycles. The number of benzene rings is 2. The smallest absolute Gasteiger partial charge is 0.243 e. The highest BCUT2D eigenvalue weighted by molar-refractivity contribution is 7.89. The Morgan fingerprint density at radius 1 is 0.906 bits per heavy atom. The molecule has 2 aromatic carbocycles. The molecule has 0 N–H and O–H groups in total. The van der Waals surface area contributed by atoms with E-state index < -0.39 is 10.0 Å². The van der Waals surface area contributed by atoms with Crippen LogP contribution in [0.2, 0.25) is 0 Å². The number of nitrogens with zero attached hydrogens (tertiary/aromatic N) is 3. The zero-order valence-corrected chi connectivity index (χ0v) is 20.8. The summed E-state index contributed by atoms with van der Waals surface area (Å²) in [6.45, 7) is 12.4. The summed E-state index contributed by atoms with van der Waals surface area (Å²) < 4.78 is 34.2. The third-order valence-electron chi connectivity index (χ3n) is 5.61. The van der Waals surface area contributed by atoms with E-state index in [0.29, 0.717) is 16.6 Å². The van der Waals surface area contributed by atoms with E-state index in [-0.39, 0.29) is 24.3 Å². The summed E-state index contributed by atoms with van der Waals surface area (Å²) in [6.07, 6.45) is 0. The number of rotatable bonds is 8. The number of sulfonamides is 1. The maximum Gasteiger partial charge on any atom is 0.243 e. The number of aromatic nitrogens is 2. The Morgan fingerprint density at radius 3 is 1.97 bits per heavy atom. The minimum atomic E-state index is -3.78. The third kappa shape index (κ3) is 4.94. The van der Waals surface area contributed by atoms with Crippen molar-refractivity contribution in [2.45, 2.75) is 70.7 Å². The van der Waals surface area contributed by atoms with Gasteiger partial charge >= 0.3 is 0 Å². The summed E-state index contributed by atoms with van der Waals surface area (Å²) >= 11 is 0. The van der Waals surface area contributed by atoms with Crippen molar-refractivity contribution in [3.8, 4) is 11.4 Å². The number of hydrogen-bond donors (Lipinski definition) is 0. The molecule has 172 valence electrons. The van der Waals surface area contributed by atoms with Crippen molar-refractivity contribution >= 4 is 10.0 Å². The fourth-order valence-electron chi connectivity index (χ4n) is 3.64. The van der Waals surface area contributed by atoms with Gasteiger partial charge in [-0.1, -0.05) is 89.2 Å². The second-order valence-electron chi connectivity index (χ2n) is 9.13. The van der Waals surface area contributed by atoms with Gasteiger partial charge in [0.05, 0.1) is 11.4 Å². The topological polar surface area (TPSA) is 76.3 Å². The molecule has 0 bridgehead atoms. The van der Waals surface area contributed by atoms with Crippen LogP contribution < -0.4 is 0 Å². The van der Waals surface area contributed by atoms with Crippen molar-refractivity contribution in [2.75, 3.05) is 7.05 Å². The predicted molar refractivity (Wildman–Crippen MR) is 127 cm³/mol. The second-order valence-corrected chi connectivity index (χ2v) is 11.1. The van der Waals surface area contributed by atoms with E-state index in [1.54, 1.807) is 7.05 Å². The molecule has 0 aliphatic heterocycles. The summed E-state index contributed by atoms with van der Waals surface area (Å²) in [5, 5.41) is 4.01. The predicted octanol–water partition coefficient (Wildman–Crippen LogP) is 5.93. The van der Waals surface area contributed by atoms with Gasteiger partial charge in [0.25, 0.3) is 0 Å². The lowest BCUT2D eigenvalue weighted by molar-refractivity contribution is 0.336. The average molecular weight is 456 g/mol. The lowest BCUT2D eigenvalue weighted by Crippen LogP contribution is -2.29. The standard InChI is InChI=1S/C25H33N3O3S/c1-16(2)20-13-21(17(3)4)24(22(14-20)18(5)6)32(29,30)28(7)15-23-26-25(27-31-23)19-11-9-8-10-12-19/h8-14,16-18H,15H2,1-7H3. The minimum Gasteiger partial charge on any atom is -0.338 e. The first-order valence-corrected chi connectivity index (χ1v) is 12.5. The zero-order chi connectivity index (χ0) is 23.6. The quantitative estimate of drug-likeness (QED) is 0.421. The Bertz CT molecular complexity index is 1140. The van der Waals surface area contributed by atoms with Gasteiger partial charge in [0, 0.05) is 12.6 Å². The normalized spacial score (nSPS) is 12.5. The minimum absolute atomic E-state index is 0.00314. The Hall–Kier alpha value is -2.51. The van der Waals surface area contributed by atoms with Crippen LogP contribution >= 0.6 is 0 Å². The molecule has 0 saturated heterocycles. The first-order valence-electron chi connectivity index (χ1n) is 11.0. The lowest BCUT2D eigenvalue weighted by Gasteiger charge is -2.25. The fraction of sp³-hybridized carbons (Fsp3) is 0.440. The molecule has 1 heterocycles. The van der Waals surface area contributed by atoms with Gasteiger partial charge in [-0.05, 0) is 34.4 Å². The Labute approximate surface area is 191 Å². The van der Waals surface area contributed by atoms with Crippen LogP contribution in [0.5, 0.6) is 0 Å². The molecule has 0 aliphatic rings. The van der Waals surface area contributed by atoms with Crippen LogP contribution in [0, 0.1) is 0 Å². The summed E-state index contributed by atoms with van der Waals surface area (Å²) in [6, 6.07) is 13.6. The van der Waals surface area contributed by atoms with E-state index in [9.17, 15) is 8.42 Å². The molecular weight excluding hydrogens is 422 g/mol. The summed E-state index contributed by atoms with van der Waals surface area (Å²) in [5.74, 6) is 1.15. The molecule has 0 fully saturated rings. The fourth-order valence-corrected chi connectivity index (χ4v) is 5.42. The first kappa shape index (κ1) is 24.1. The second kappa shape index (κ2) is 9.55. The van der Waals surface area contributed by atoms with Gasteiger partial charge in [0.2, 0.25) is 21.7 Å². The number of hydrogen-bond acceptors (Lipinski definition) is 5. The van der Waals surface area contributed by atoms with Gasteiger partial charge in [-0.15, -0.1) is 0 Å². The van der Waals surface area contributed by atoms with E-state index in [2.05, 4.69) is 24.0 Å². The largest absolute Gasteiger partial charge is 0.338 e. The Balaban J connectivity index is 2.01. The van der Waals surface area contributed by atoms with E-state index in [4.69, 9.17) is 4.52 Å². The Morgan fingerprint density at radius 2 is 1.47 bits per heavy atom. The molecule has 7 heteroatoms. The SMILES string of the molecule is CC(C)c1cc(C(C)C)c(S(=O)(=O)N(C)Cc2nc(-c3ccccc3)no2)c(C(C)C)c1. The van der Waals surface area contributed by atoms with Crippen LogP contribution in [-0.4, -0.2) is 29.9 Å². The molecule has 6 nitrogen and oxygen atoms in total. The molecule has 0 radical (unpaired) electrons. The van der Waals surface area contributed by atoms with Crippen molar-refractivity contribution in [1.82, 2.24) is 14.4 Å². The zero-order valence-electron chi connectivity index (χ0n) is 20.0. The highest BCUT2D eigenvalue weighted by Crippen LogP contribution is 2.36.